The van der Waals surface area contributed by atoms with Gasteiger partial charge in [0.15, 0.2) is 0 Å². The number of anilines is 2. The number of aromatic nitrogens is 4. The molecule has 0 fully saturated rings. The second-order valence-electron chi connectivity index (χ2n) is 8.69. The van der Waals surface area contributed by atoms with E-state index in [4.69, 9.17) is 26.2 Å². The van der Waals surface area contributed by atoms with E-state index in [2.05, 4.69) is 30.9 Å². The predicted octanol–water partition coefficient (Wildman–Crippen LogP) is 6.97. The van der Waals surface area contributed by atoms with Crippen molar-refractivity contribution in [2.45, 2.75) is 40.7 Å². The number of hydrogen-bond acceptors (Lipinski definition) is 7. The highest BCUT2D eigenvalue weighted by Crippen LogP contribution is 2.33. The van der Waals surface area contributed by atoms with Crippen molar-refractivity contribution in [3.8, 4) is 11.5 Å². The van der Waals surface area contributed by atoms with Gasteiger partial charge in [-0.25, -0.2) is 15.0 Å². The summed E-state index contributed by atoms with van der Waals surface area (Å²) in [4.78, 5) is 12.9. The Morgan fingerprint density at radius 3 is 2.62 bits per heavy atom. The predicted molar refractivity (Wildman–Crippen MR) is 157 cm³/mol. The molecule has 206 valence electrons. The number of nitrogens with one attached hydrogen (secondary N) is 1. The molecule has 0 aliphatic rings. The molecular formula is C30H36ClN5O3. The average molecular weight is 550 g/mol. The standard InChI is InChI=1S/C25H24ClN5O.C5H12O2/c1-4-6-23-17(2)25(29-16-28-23)30-20-9-10-24(22(26)14-20)32-21-8-5-7-19(13-21)15-31-12-11-27-18(31)3;1-2-4-7-5-3-6/h4-14,16H,15H2,1-3H3,(H,28,29,30);6H,2-5H2,1H3/b6-4-;. The molecule has 0 unspecified atom stereocenters. The molecule has 0 aliphatic heterocycles. The third-order valence-corrected chi connectivity index (χ3v) is 5.92. The van der Waals surface area contributed by atoms with Crippen molar-refractivity contribution >= 4 is 29.2 Å². The third-order valence-electron chi connectivity index (χ3n) is 5.63. The first kappa shape index (κ1) is 29.8. The van der Waals surface area contributed by atoms with Crippen molar-refractivity contribution in [1.82, 2.24) is 19.5 Å². The van der Waals surface area contributed by atoms with Crippen LogP contribution in [0.1, 0.15) is 42.9 Å². The lowest BCUT2D eigenvalue weighted by Gasteiger charge is -2.13. The van der Waals surface area contributed by atoms with Gasteiger partial charge in [0.05, 0.1) is 23.9 Å². The molecule has 4 aromatic rings. The van der Waals surface area contributed by atoms with Crippen molar-refractivity contribution in [2.75, 3.05) is 25.1 Å². The van der Waals surface area contributed by atoms with Gasteiger partial charge in [-0.2, -0.15) is 0 Å². The first-order chi connectivity index (χ1) is 18.9. The van der Waals surface area contributed by atoms with E-state index in [9.17, 15) is 0 Å². The summed E-state index contributed by atoms with van der Waals surface area (Å²) >= 11 is 6.52. The lowest BCUT2D eigenvalue weighted by Crippen LogP contribution is -2.01. The largest absolute Gasteiger partial charge is 0.456 e. The van der Waals surface area contributed by atoms with Gasteiger partial charge in [-0.05, 0) is 69.2 Å². The van der Waals surface area contributed by atoms with E-state index in [-0.39, 0.29) is 6.61 Å². The third kappa shape index (κ3) is 9.21. The first-order valence-corrected chi connectivity index (χ1v) is 13.3. The molecule has 0 saturated carbocycles. The smallest absolute Gasteiger partial charge is 0.146 e. The topological polar surface area (TPSA) is 94.3 Å². The van der Waals surface area contributed by atoms with Gasteiger partial charge in [-0.15, -0.1) is 0 Å². The summed E-state index contributed by atoms with van der Waals surface area (Å²) in [5, 5.41) is 12.0. The Morgan fingerprint density at radius 1 is 1.08 bits per heavy atom. The number of allylic oxidation sites excluding steroid dienone is 1. The number of hydrogen-bond donors (Lipinski definition) is 2. The Bertz CT molecular complexity index is 1350. The average Bonchev–Trinajstić information content (AvgIpc) is 3.33. The fourth-order valence-electron chi connectivity index (χ4n) is 3.63. The van der Waals surface area contributed by atoms with Crippen LogP contribution in [0.15, 0.2) is 67.3 Å². The molecule has 0 aliphatic carbocycles. The van der Waals surface area contributed by atoms with Gasteiger partial charge >= 0.3 is 0 Å². The number of rotatable bonds is 11. The Morgan fingerprint density at radius 2 is 1.92 bits per heavy atom. The van der Waals surface area contributed by atoms with Crippen LogP contribution in [0.2, 0.25) is 5.02 Å². The Hall–Kier alpha value is -3.72. The summed E-state index contributed by atoms with van der Waals surface area (Å²) in [6.45, 7) is 10.1. The van der Waals surface area contributed by atoms with E-state index in [1.54, 1.807) is 12.5 Å². The summed E-state index contributed by atoms with van der Waals surface area (Å²) in [6.07, 6.45) is 10.2. The molecule has 0 spiro atoms. The fraction of sp³-hybridized carbons (Fsp3) is 0.300. The van der Waals surface area contributed by atoms with E-state index in [1.165, 1.54) is 0 Å². The van der Waals surface area contributed by atoms with Crippen molar-refractivity contribution in [2.24, 2.45) is 0 Å². The number of aliphatic hydroxyl groups excluding tert-OH is 1. The zero-order valence-corrected chi connectivity index (χ0v) is 23.7. The van der Waals surface area contributed by atoms with Crippen LogP contribution in [-0.2, 0) is 11.3 Å². The molecule has 2 heterocycles. The van der Waals surface area contributed by atoms with Crippen molar-refractivity contribution in [3.63, 3.8) is 0 Å². The van der Waals surface area contributed by atoms with E-state index in [1.807, 2.05) is 82.4 Å². The maximum Gasteiger partial charge on any atom is 0.146 e. The molecule has 0 saturated heterocycles. The van der Waals surface area contributed by atoms with Gasteiger partial charge in [-0.3, -0.25) is 0 Å². The van der Waals surface area contributed by atoms with Crippen LogP contribution in [-0.4, -0.2) is 44.4 Å². The molecule has 2 aromatic carbocycles. The minimum Gasteiger partial charge on any atom is -0.456 e. The molecule has 9 heteroatoms. The Kier molecular flexibility index (Phi) is 12.0. The number of halogens is 1. The summed E-state index contributed by atoms with van der Waals surface area (Å²) in [7, 11) is 0. The number of benzene rings is 2. The maximum atomic E-state index is 8.17. The second-order valence-corrected chi connectivity index (χ2v) is 9.10. The van der Waals surface area contributed by atoms with Crippen LogP contribution in [0.25, 0.3) is 6.08 Å². The minimum absolute atomic E-state index is 0.139. The van der Waals surface area contributed by atoms with E-state index in [0.717, 1.165) is 59.5 Å². The van der Waals surface area contributed by atoms with Crippen molar-refractivity contribution in [1.29, 1.82) is 0 Å². The quantitative estimate of drug-likeness (QED) is 0.195. The molecule has 39 heavy (non-hydrogen) atoms. The van der Waals surface area contributed by atoms with Gasteiger partial charge in [0.1, 0.15) is 29.5 Å². The molecule has 0 amide bonds. The van der Waals surface area contributed by atoms with Gasteiger partial charge in [0.2, 0.25) is 0 Å². The molecule has 2 N–H and O–H groups in total. The minimum atomic E-state index is 0.139. The SMILES string of the molecule is C/C=C\c1ncnc(Nc2ccc(Oc3cccc(Cn4ccnc4C)c3)c(Cl)c2)c1C.CCCOCCO. The number of imidazole rings is 1. The van der Waals surface area contributed by atoms with Gasteiger partial charge in [0, 0.05) is 36.8 Å². The lowest BCUT2D eigenvalue weighted by molar-refractivity contribution is 0.0928. The molecule has 2 aromatic heterocycles. The number of ether oxygens (including phenoxy) is 2. The maximum absolute atomic E-state index is 8.17. The molecular weight excluding hydrogens is 514 g/mol. The van der Waals surface area contributed by atoms with Crippen molar-refractivity contribution < 1.29 is 14.6 Å². The van der Waals surface area contributed by atoms with E-state index in [0.29, 0.717) is 17.4 Å². The molecule has 8 nitrogen and oxygen atoms in total. The highest BCUT2D eigenvalue weighted by atomic mass is 35.5. The summed E-state index contributed by atoms with van der Waals surface area (Å²) < 4.78 is 13.0. The molecule has 0 atom stereocenters. The van der Waals surface area contributed by atoms with Crippen LogP contribution < -0.4 is 10.1 Å². The lowest BCUT2D eigenvalue weighted by atomic mass is 10.2. The highest BCUT2D eigenvalue weighted by molar-refractivity contribution is 6.32. The van der Waals surface area contributed by atoms with Crippen LogP contribution >= 0.6 is 11.6 Å². The zero-order chi connectivity index (χ0) is 28.0. The Balaban J connectivity index is 0.000000532. The number of aryl methyl sites for hydroxylation is 1. The monoisotopic (exact) mass is 549 g/mol. The zero-order valence-electron chi connectivity index (χ0n) is 22.9. The molecule has 0 radical (unpaired) electrons. The molecule has 0 bridgehead atoms. The van der Waals surface area contributed by atoms with Crippen LogP contribution in [0, 0.1) is 13.8 Å². The van der Waals surface area contributed by atoms with E-state index >= 15 is 0 Å². The number of aliphatic hydroxyl groups is 1. The van der Waals surface area contributed by atoms with Gasteiger partial charge in [-0.1, -0.05) is 36.7 Å². The number of nitrogens with zero attached hydrogens (tertiary/aromatic N) is 4. The van der Waals surface area contributed by atoms with Crippen LogP contribution in [0.3, 0.4) is 0 Å². The second kappa shape index (κ2) is 15.6. The normalized spacial score (nSPS) is 10.8. The first-order valence-electron chi connectivity index (χ1n) is 12.9. The molecule has 4 rings (SSSR count). The highest BCUT2D eigenvalue weighted by Gasteiger charge is 2.09. The van der Waals surface area contributed by atoms with Gasteiger partial charge < -0.3 is 24.5 Å². The van der Waals surface area contributed by atoms with Crippen LogP contribution in [0.5, 0.6) is 11.5 Å². The van der Waals surface area contributed by atoms with E-state index < -0.39 is 0 Å². The van der Waals surface area contributed by atoms with Gasteiger partial charge in [0.25, 0.3) is 0 Å². The summed E-state index contributed by atoms with van der Waals surface area (Å²) in [6, 6.07) is 13.5. The fourth-order valence-corrected chi connectivity index (χ4v) is 3.85. The van der Waals surface area contributed by atoms with Crippen molar-refractivity contribution in [3.05, 3.63) is 94.9 Å². The van der Waals surface area contributed by atoms with Crippen LogP contribution in [0.4, 0.5) is 11.5 Å². The summed E-state index contributed by atoms with van der Waals surface area (Å²) in [5.74, 6) is 3.02. The summed E-state index contributed by atoms with van der Waals surface area (Å²) in [5.41, 5.74) is 3.78. The Labute approximate surface area is 235 Å².